The molecule has 0 aliphatic heterocycles. The van der Waals surface area contributed by atoms with Gasteiger partial charge in [0.1, 0.15) is 16.7 Å². The molecule has 0 fully saturated rings. The summed E-state index contributed by atoms with van der Waals surface area (Å²) < 4.78 is 3.23. The summed E-state index contributed by atoms with van der Waals surface area (Å²) in [6.45, 7) is 3.85. The Morgan fingerprint density at radius 3 is 2.21 bits per heavy atom. The predicted molar refractivity (Wildman–Crippen MR) is 135 cm³/mol. The highest BCUT2D eigenvalue weighted by Gasteiger charge is 2.21. The maximum absolute atomic E-state index is 13.8. The van der Waals surface area contributed by atoms with Crippen LogP contribution >= 0.6 is 0 Å². The number of benzene rings is 3. The minimum absolute atomic E-state index is 0.201. The molecule has 164 valence electrons. The van der Waals surface area contributed by atoms with Crippen molar-refractivity contribution in [1.29, 1.82) is 0 Å². The Hall–Kier alpha value is -4.65. The van der Waals surface area contributed by atoms with Gasteiger partial charge in [0.25, 0.3) is 5.56 Å². The molecule has 0 saturated carbocycles. The van der Waals surface area contributed by atoms with Crippen molar-refractivity contribution in [2.24, 2.45) is 5.10 Å². The van der Waals surface area contributed by atoms with Gasteiger partial charge in [0.2, 0.25) is 0 Å². The van der Waals surface area contributed by atoms with Crippen molar-refractivity contribution in [2.45, 2.75) is 13.8 Å². The third kappa shape index (κ3) is 3.09. The molecule has 0 radical (unpaired) electrons. The molecule has 3 heterocycles. The third-order valence-electron chi connectivity index (χ3n) is 5.94. The molecule has 0 N–H and O–H groups in total. The van der Waals surface area contributed by atoms with E-state index in [9.17, 15) is 4.79 Å². The highest BCUT2D eigenvalue weighted by Crippen LogP contribution is 2.26. The van der Waals surface area contributed by atoms with Gasteiger partial charge in [-0.15, -0.1) is 0 Å². The summed E-state index contributed by atoms with van der Waals surface area (Å²) in [7, 11) is 0. The molecular formula is C27H20N6O. The van der Waals surface area contributed by atoms with E-state index in [0.29, 0.717) is 33.5 Å². The average Bonchev–Trinajstić information content (AvgIpc) is 3.15. The first-order chi connectivity index (χ1) is 16.6. The van der Waals surface area contributed by atoms with Crippen molar-refractivity contribution >= 4 is 39.4 Å². The molecule has 0 aliphatic rings. The number of rotatable bonds is 3. The second kappa shape index (κ2) is 7.74. The smallest absolute Gasteiger partial charge is 0.268 e. The molecule has 7 heteroatoms. The number of aryl methyl sites for hydroxylation is 2. The van der Waals surface area contributed by atoms with Gasteiger partial charge in [-0.25, -0.2) is 15.0 Å². The van der Waals surface area contributed by atoms with E-state index in [-0.39, 0.29) is 5.56 Å². The van der Waals surface area contributed by atoms with Gasteiger partial charge in [-0.05, 0) is 49.2 Å². The average molecular weight is 444 g/mol. The van der Waals surface area contributed by atoms with Gasteiger partial charge in [-0.3, -0.25) is 9.36 Å². The van der Waals surface area contributed by atoms with Gasteiger partial charge in [0, 0.05) is 0 Å². The standard InChI is InChI=1S/C27H20N6O/c1-17-10-6-7-11-19(17)16-28-33-25-23(24-26(33)31-22-15-9-8-14-21(22)30-24)27(34)32(18(2)29-25)20-12-4-3-5-13-20/h3-16H,1-2H3/b28-16+. The van der Waals surface area contributed by atoms with Crippen LogP contribution in [-0.2, 0) is 0 Å². The Bertz CT molecular complexity index is 1800. The molecule has 0 atom stereocenters. The highest BCUT2D eigenvalue weighted by atomic mass is 16.1. The molecule has 0 spiro atoms. The van der Waals surface area contributed by atoms with Crippen LogP contribution in [-0.4, -0.2) is 30.4 Å². The van der Waals surface area contributed by atoms with Crippen LogP contribution in [0.25, 0.3) is 38.9 Å². The number of nitrogens with zero attached hydrogens (tertiary/aromatic N) is 6. The second-order valence-corrected chi connectivity index (χ2v) is 8.13. The number of hydrogen-bond donors (Lipinski definition) is 0. The normalized spacial score (nSPS) is 11.8. The molecule has 0 amide bonds. The fourth-order valence-electron chi connectivity index (χ4n) is 4.22. The number of fused-ring (bicyclic) bond motifs is 4. The van der Waals surface area contributed by atoms with Crippen LogP contribution < -0.4 is 5.56 Å². The maximum Gasteiger partial charge on any atom is 0.269 e. The van der Waals surface area contributed by atoms with E-state index in [1.54, 1.807) is 15.5 Å². The lowest BCUT2D eigenvalue weighted by Gasteiger charge is -2.09. The molecule has 7 nitrogen and oxygen atoms in total. The van der Waals surface area contributed by atoms with Crippen LogP contribution in [0.15, 0.2) is 88.8 Å². The second-order valence-electron chi connectivity index (χ2n) is 8.13. The Balaban J connectivity index is 1.73. The Morgan fingerprint density at radius 1 is 0.765 bits per heavy atom. The molecule has 3 aromatic heterocycles. The predicted octanol–water partition coefficient (Wildman–Crippen LogP) is 4.78. The molecule has 3 aromatic carbocycles. The largest absolute Gasteiger partial charge is 0.269 e. The lowest BCUT2D eigenvalue weighted by molar-refractivity contribution is 0.865. The van der Waals surface area contributed by atoms with Gasteiger partial charge in [0.05, 0.1) is 22.9 Å². The summed E-state index contributed by atoms with van der Waals surface area (Å²) in [5.74, 6) is 0.559. The molecule has 0 unspecified atom stereocenters. The van der Waals surface area contributed by atoms with Crippen molar-refractivity contribution in [1.82, 2.24) is 24.2 Å². The third-order valence-corrected chi connectivity index (χ3v) is 5.94. The van der Waals surface area contributed by atoms with Gasteiger partial charge in [-0.2, -0.15) is 9.78 Å². The van der Waals surface area contributed by atoms with Gasteiger partial charge < -0.3 is 0 Å². The van der Waals surface area contributed by atoms with Crippen LogP contribution in [0.4, 0.5) is 0 Å². The van der Waals surface area contributed by atoms with E-state index in [1.165, 1.54) is 0 Å². The number of aromatic nitrogens is 5. The monoisotopic (exact) mass is 444 g/mol. The van der Waals surface area contributed by atoms with Crippen LogP contribution in [0.2, 0.25) is 0 Å². The van der Waals surface area contributed by atoms with Crippen LogP contribution in [0.1, 0.15) is 17.0 Å². The molecule has 6 rings (SSSR count). The van der Waals surface area contributed by atoms with Crippen molar-refractivity contribution in [3.63, 3.8) is 0 Å². The first kappa shape index (κ1) is 20.0. The quantitative estimate of drug-likeness (QED) is 0.368. The van der Waals surface area contributed by atoms with Crippen LogP contribution in [0.5, 0.6) is 0 Å². The van der Waals surface area contributed by atoms with Crippen LogP contribution in [0.3, 0.4) is 0 Å². The zero-order valence-corrected chi connectivity index (χ0v) is 18.7. The van der Waals surface area contributed by atoms with E-state index in [0.717, 1.165) is 22.3 Å². The molecular weight excluding hydrogens is 424 g/mol. The summed E-state index contributed by atoms with van der Waals surface area (Å²) in [4.78, 5) is 28.3. The summed E-state index contributed by atoms with van der Waals surface area (Å²) >= 11 is 0. The topological polar surface area (TPSA) is 78.0 Å². The van der Waals surface area contributed by atoms with Crippen molar-refractivity contribution < 1.29 is 0 Å². The minimum Gasteiger partial charge on any atom is -0.268 e. The van der Waals surface area contributed by atoms with E-state index in [2.05, 4.69) is 0 Å². The molecule has 0 aliphatic carbocycles. The van der Waals surface area contributed by atoms with Gasteiger partial charge >= 0.3 is 0 Å². The van der Waals surface area contributed by atoms with Crippen molar-refractivity contribution in [3.8, 4) is 5.69 Å². The van der Waals surface area contributed by atoms with E-state index in [1.807, 2.05) is 92.7 Å². The minimum atomic E-state index is -0.201. The maximum atomic E-state index is 13.8. The Kier molecular flexibility index (Phi) is 4.55. The molecule has 0 saturated heterocycles. The summed E-state index contributed by atoms with van der Waals surface area (Å²) in [6.07, 6.45) is 1.77. The highest BCUT2D eigenvalue weighted by molar-refractivity contribution is 6.05. The zero-order chi connectivity index (χ0) is 23.2. The molecule has 34 heavy (non-hydrogen) atoms. The molecule has 6 aromatic rings. The Morgan fingerprint density at radius 2 is 1.44 bits per heavy atom. The van der Waals surface area contributed by atoms with Crippen molar-refractivity contribution in [3.05, 3.63) is 106 Å². The lowest BCUT2D eigenvalue weighted by atomic mass is 10.1. The van der Waals surface area contributed by atoms with E-state index in [4.69, 9.17) is 20.1 Å². The van der Waals surface area contributed by atoms with E-state index < -0.39 is 0 Å². The zero-order valence-electron chi connectivity index (χ0n) is 18.7. The van der Waals surface area contributed by atoms with Gasteiger partial charge in [-0.1, -0.05) is 54.6 Å². The fourth-order valence-corrected chi connectivity index (χ4v) is 4.22. The Labute approximate surface area is 194 Å². The molecule has 0 bridgehead atoms. The summed E-state index contributed by atoms with van der Waals surface area (Å²) in [5.41, 5.74) is 5.47. The summed E-state index contributed by atoms with van der Waals surface area (Å²) in [5, 5.41) is 5.12. The number of para-hydroxylation sites is 3. The fraction of sp³-hybridized carbons (Fsp3) is 0.0741. The van der Waals surface area contributed by atoms with Gasteiger partial charge in [0.15, 0.2) is 11.3 Å². The summed E-state index contributed by atoms with van der Waals surface area (Å²) in [6, 6.07) is 25.1. The van der Waals surface area contributed by atoms with E-state index >= 15 is 0 Å². The SMILES string of the molecule is Cc1ccccc1/C=N/n1c2nc3ccccc3nc2c2c(=O)n(-c3ccccc3)c(C)nc21. The number of hydrogen-bond acceptors (Lipinski definition) is 5. The van der Waals surface area contributed by atoms with Crippen molar-refractivity contribution in [2.75, 3.05) is 0 Å². The lowest BCUT2D eigenvalue weighted by Crippen LogP contribution is -2.22. The first-order valence-electron chi connectivity index (χ1n) is 11.0. The first-order valence-corrected chi connectivity index (χ1v) is 11.0. The van der Waals surface area contributed by atoms with Crippen LogP contribution in [0, 0.1) is 13.8 Å².